The second-order valence-corrected chi connectivity index (χ2v) is 5.93. The van der Waals surface area contributed by atoms with E-state index < -0.39 is 0 Å². The summed E-state index contributed by atoms with van der Waals surface area (Å²) in [6.45, 7) is 2.21. The number of nitrogens with one attached hydrogen (secondary N) is 1. The van der Waals surface area contributed by atoms with Crippen LogP contribution in [0.3, 0.4) is 0 Å². The van der Waals surface area contributed by atoms with E-state index in [1.807, 2.05) is 6.92 Å². The van der Waals surface area contributed by atoms with Crippen molar-refractivity contribution in [3.63, 3.8) is 0 Å². The molecule has 0 radical (unpaired) electrons. The number of esters is 1. The van der Waals surface area contributed by atoms with Gasteiger partial charge in [0.1, 0.15) is 0 Å². The predicted molar refractivity (Wildman–Crippen MR) is 78.1 cm³/mol. The van der Waals surface area contributed by atoms with Gasteiger partial charge in [-0.25, -0.2) is 4.79 Å². The van der Waals surface area contributed by atoms with E-state index in [9.17, 15) is 4.79 Å². The lowest BCUT2D eigenvalue weighted by Gasteiger charge is -2.05. The van der Waals surface area contributed by atoms with Gasteiger partial charge in [-0.3, -0.25) is 5.10 Å². The molecule has 2 aliphatic carbocycles. The molecular weight excluding hydrogens is 264 g/mol. The summed E-state index contributed by atoms with van der Waals surface area (Å²) in [5.41, 5.74) is 4.15. The van der Waals surface area contributed by atoms with Gasteiger partial charge in [0.05, 0.1) is 6.61 Å². The molecule has 0 unspecified atom stereocenters. The molecule has 1 saturated carbocycles. The van der Waals surface area contributed by atoms with E-state index in [1.54, 1.807) is 0 Å². The maximum absolute atomic E-state index is 11.9. The van der Waals surface area contributed by atoms with Gasteiger partial charge >= 0.3 is 5.97 Å². The van der Waals surface area contributed by atoms with E-state index in [-0.39, 0.29) is 5.97 Å². The molecule has 0 aliphatic heterocycles. The Bertz CT molecular complexity index is 677. The zero-order valence-electron chi connectivity index (χ0n) is 12.0. The molecule has 0 amide bonds. The van der Waals surface area contributed by atoms with Crippen molar-refractivity contribution in [1.82, 2.24) is 10.2 Å². The zero-order valence-corrected chi connectivity index (χ0v) is 12.0. The quantitative estimate of drug-likeness (QED) is 0.877. The molecule has 108 valence electrons. The lowest BCUT2D eigenvalue weighted by molar-refractivity contribution is 0.0518. The summed E-state index contributed by atoms with van der Waals surface area (Å²) in [7, 11) is 0. The predicted octanol–water partition coefficient (Wildman–Crippen LogP) is 2.71. The molecule has 2 aromatic rings. The normalized spacial score (nSPS) is 25.3. The molecule has 21 heavy (non-hydrogen) atoms. The largest absolute Gasteiger partial charge is 0.461 e. The van der Waals surface area contributed by atoms with Crippen LogP contribution in [0, 0.1) is 11.8 Å². The van der Waals surface area contributed by atoms with Gasteiger partial charge in [-0.1, -0.05) is 30.3 Å². The summed E-state index contributed by atoms with van der Waals surface area (Å²) in [5.74, 6) is 1.62. The number of aromatic amines is 1. The Hall–Kier alpha value is -2.10. The highest BCUT2D eigenvalue weighted by atomic mass is 16.5. The van der Waals surface area contributed by atoms with Gasteiger partial charge in [-0.2, -0.15) is 5.10 Å². The molecule has 4 rings (SSSR count). The summed E-state index contributed by atoms with van der Waals surface area (Å²) in [4.78, 5) is 11.9. The van der Waals surface area contributed by atoms with E-state index >= 15 is 0 Å². The fourth-order valence-electron chi connectivity index (χ4n) is 3.78. The van der Waals surface area contributed by atoms with Crippen LogP contribution in [0.15, 0.2) is 30.3 Å². The molecule has 1 N–H and O–H groups in total. The van der Waals surface area contributed by atoms with Crippen LogP contribution in [-0.4, -0.2) is 22.8 Å². The number of H-pyrrole nitrogens is 1. The average molecular weight is 282 g/mol. The van der Waals surface area contributed by atoms with E-state index in [4.69, 9.17) is 4.74 Å². The van der Waals surface area contributed by atoms with E-state index in [0.29, 0.717) is 30.1 Å². The first-order chi connectivity index (χ1) is 10.3. The molecule has 0 saturated heterocycles. The first-order valence-electron chi connectivity index (χ1n) is 7.57. The van der Waals surface area contributed by atoms with Crippen LogP contribution in [0.5, 0.6) is 0 Å². The second kappa shape index (κ2) is 4.72. The Balaban J connectivity index is 1.51. The first-order valence-corrected chi connectivity index (χ1v) is 7.57. The van der Waals surface area contributed by atoms with Gasteiger partial charge in [0.25, 0.3) is 0 Å². The average Bonchev–Trinajstić information content (AvgIpc) is 2.86. The third-order valence-electron chi connectivity index (χ3n) is 4.79. The molecule has 1 fully saturated rings. The highest BCUT2D eigenvalue weighted by molar-refractivity contribution is 5.89. The minimum atomic E-state index is -0.295. The number of aromatic nitrogens is 2. The molecule has 0 bridgehead atoms. The number of hydrogen-bond acceptors (Lipinski definition) is 3. The summed E-state index contributed by atoms with van der Waals surface area (Å²) >= 11 is 0. The minimum Gasteiger partial charge on any atom is -0.461 e. The van der Waals surface area contributed by atoms with Crippen LogP contribution in [0.2, 0.25) is 0 Å². The van der Waals surface area contributed by atoms with Crippen LogP contribution in [0.4, 0.5) is 0 Å². The fourth-order valence-corrected chi connectivity index (χ4v) is 3.78. The molecule has 4 nitrogen and oxygen atoms in total. The molecule has 2 aliphatic rings. The topological polar surface area (TPSA) is 55.0 Å². The molecule has 0 spiro atoms. The van der Waals surface area contributed by atoms with E-state index in [1.165, 1.54) is 11.3 Å². The first kappa shape index (κ1) is 12.6. The number of ether oxygens (including phenoxy) is 1. The summed E-state index contributed by atoms with van der Waals surface area (Å²) < 4.78 is 5.06. The Morgan fingerprint density at radius 2 is 2.19 bits per heavy atom. The van der Waals surface area contributed by atoms with Crippen LogP contribution >= 0.6 is 0 Å². The van der Waals surface area contributed by atoms with Crippen molar-refractivity contribution in [2.75, 3.05) is 6.61 Å². The Labute approximate surface area is 123 Å². The molecule has 1 aromatic heterocycles. The molecule has 1 aromatic carbocycles. The third kappa shape index (κ3) is 1.97. The van der Waals surface area contributed by atoms with E-state index in [2.05, 4.69) is 40.5 Å². The van der Waals surface area contributed by atoms with Gasteiger partial charge in [-0.15, -0.1) is 0 Å². The lowest BCUT2D eigenvalue weighted by atomic mass is 10.0. The van der Waals surface area contributed by atoms with Crippen LogP contribution < -0.4 is 0 Å². The maximum atomic E-state index is 11.9. The fraction of sp³-hybridized carbons (Fsp3) is 0.412. The number of nitrogens with zero attached hydrogens (tertiary/aromatic N) is 1. The Kier molecular flexibility index (Phi) is 2.84. The standard InChI is InChI=1S/C17H18N2O2/c1-2-21-17(20)16-13-9-12-11(14(12)15(13)18-19-16)8-10-6-4-3-5-7-10/h3-7,11-12,14H,2,8-9H2,1H3,(H,18,19)/t11-,12-,14+/m0/s1. The highest BCUT2D eigenvalue weighted by Gasteiger charge is 2.57. The van der Waals surface area contributed by atoms with Gasteiger partial charge in [-0.05, 0) is 37.2 Å². The Morgan fingerprint density at radius 3 is 2.95 bits per heavy atom. The highest BCUT2D eigenvalue weighted by Crippen LogP contribution is 2.62. The van der Waals surface area contributed by atoms with Gasteiger partial charge in [0.15, 0.2) is 5.69 Å². The number of carbonyl (C=O) groups is 1. The van der Waals surface area contributed by atoms with Crippen LogP contribution in [-0.2, 0) is 17.6 Å². The molecular formula is C17H18N2O2. The van der Waals surface area contributed by atoms with Gasteiger partial charge in [0, 0.05) is 17.2 Å². The monoisotopic (exact) mass is 282 g/mol. The van der Waals surface area contributed by atoms with Crippen molar-refractivity contribution in [2.45, 2.75) is 25.7 Å². The van der Waals surface area contributed by atoms with Gasteiger partial charge in [0.2, 0.25) is 0 Å². The van der Waals surface area contributed by atoms with Crippen molar-refractivity contribution in [3.05, 3.63) is 52.8 Å². The minimum absolute atomic E-state index is 0.295. The summed E-state index contributed by atoms with van der Waals surface area (Å²) in [6.07, 6.45) is 2.07. The molecule has 4 heteroatoms. The van der Waals surface area contributed by atoms with Crippen molar-refractivity contribution in [2.24, 2.45) is 11.8 Å². The summed E-state index contributed by atoms with van der Waals surface area (Å²) in [6, 6.07) is 10.6. The van der Waals surface area contributed by atoms with Crippen molar-refractivity contribution in [1.29, 1.82) is 0 Å². The van der Waals surface area contributed by atoms with Crippen molar-refractivity contribution in [3.8, 4) is 0 Å². The number of carbonyl (C=O) groups excluding carboxylic acids is 1. The van der Waals surface area contributed by atoms with Crippen molar-refractivity contribution < 1.29 is 9.53 Å². The number of hydrogen-bond donors (Lipinski definition) is 1. The smallest absolute Gasteiger partial charge is 0.359 e. The third-order valence-corrected chi connectivity index (χ3v) is 4.79. The van der Waals surface area contributed by atoms with E-state index in [0.717, 1.165) is 18.4 Å². The maximum Gasteiger partial charge on any atom is 0.359 e. The van der Waals surface area contributed by atoms with Crippen molar-refractivity contribution >= 4 is 5.97 Å². The zero-order chi connectivity index (χ0) is 14.4. The number of benzene rings is 1. The number of fused-ring (bicyclic) bond motifs is 3. The van der Waals surface area contributed by atoms with Crippen LogP contribution in [0.1, 0.15) is 40.2 Å². The SMILES string of the molecule is CCOC(=O)c1n[nH]c2c1C[C@H]1[C@H](Cc3ccccc3)[C@@H]21. The number of rotatable bonds is 4. The Morgan fingerprint density at radius 1 is 1.38 bits per heavy atom. The lowest BCUT2D eigenvalue weighted by Crippen LogP contribution is -2.08. The molecule has 3 atom stereocenters. The summed E-state index contributed by atoms with van der Waals surface area (Å²) in [5, 5.41) is 7.26. The second-order valence-electron chi connectivity index (χ2n) is 5.93. The van der Waals surface area contributed by atoms with Gasteiger partial charge < -0.3 is 4.74 Å². The molecule has 1 heterocycles. The van der Waals surface area contributed by atoms with Crippen LogP contribution in [0.25, 0.3) is 0 Å².